The molecule has 0 atom stereocenters. The maximum atomic E-state index is 5.92. The van der Waals surface area contributed by atoms with E-state index in [0.29, 0.717) is 16.5 Å². The summed E-state index contributed by atoms with van der Waals surface area (Å²) < 4.78 is 5.63. The van der Waals surface area contributed by atoms with Gasteiger partial charge in [0, 0.05) is 5.02 Å². The van der Waals surface area contributed by atoms with Crippen molar-refractivity contribution in [3.8, 4) is 0 Å². The summed E-state index contributed by atoms with van der Waals surface area (Å²) in [6.07, 6.45) is 3.34. The molecular formula is C18H13ClN2O. The lowest BCUT2D eigenvalue weighted by Gasteiger charge is -1.93. The predicted molar refractivity (Wildman–Crippen MR) is 91.1 cm³/mol. The number of nitrogens with zero attached hydrogens (tertiary/aromatic N) is 2. The van der Waals surface area contributed by atoms with Crippen LogP contribution in [0, 0.1) is 0 Å². The van der Waals surface area contributed by atoms with Crippen LogP contribution < -0.4 is 0 Å². The van der Waals surface area contributed by atoms with Crippen LogP contribution in [0.3, 0.4) is 0 Å². The molecule has 0 spiro atoms. The first-order valence-electron chi connectivity index (χ1n) is 6.78. The molecule has 0 saturated heterocycles. The van der Waals surface area contributed by atoms with Crippen molar-refractivity contribution in [1.82, 2.24) is 0 Å². The van der Waals surface area contributed by atoms with E-state index in [-0.39, 0.29) is 0 Å². The molecule has 0 aliphatic carbocycles. The van der Waals surface area contributed by atoms with Crippen LogP contribution in [-0.4, -0.2) is 12.4 Å². The fourth-order valence-electron chi connectivity index (χ4n) is 1.85. The second-order valence-electron chi connectivity index (χ2n) is 4.57. The van der Waals surface area contributed by atoms with E-state index in [9.17, 15) is 0 Å². The number of rotatable bonds is 4. The van der Waals surface area contributed by atoms with Gasteiger partial charge < -0.3 is 4.42 Å². The molecule has 1 aromatic heterocycles. The maximum absolute atomic E-state index is 5.92. The molecule has 3 aromatic rings. The Labute approximate surface area is 133 Å². The zero-order valence-electron chi connectivity index (χ0n) is 11.7. The van der Waals surface area contributed by atoms with Gasteiger partial charge in [-0.2, -0.15) is 0 Å². The Hall–Kier alpha value is -2.65. The minimum atomic E-state index is 0.657. The smallest absolute Gasteiger partial charge is 0.145 e. The number of hydrogen-bond acceptors (Lipinski definition) is 3. The fourth-order valence-corrected chi connectivity index (χ4v) is 2.04. The minimum absolute atomic E-state index is 0.657. The summed E-state index contributed by atoms with van der Waals surface area (Å²) in [5, 5.41) is 0.657. The van der Waals surface area contributed by atoms with Gasteiger partial charge in [0.1, 0.15) is 11.5 Å². The van der Waals surface area contributed by atoms with Crippen LogP contribution in [0.25, 0.3) is 0 Å². The van der Waals surface area contributed by atoms with Gasteiger partial charge in [-0.3, -0.25) is 9.98 Å². The fraction of sp³-hybridized carbons (Fsp3) is 0. The second kappa shape index (κ2) is 6.87. The van der Waals surface area contributed by atoms with Gasteiger partial charge in [0.25, 0.3) is 0 Å². The molecule has 0 unspecified atom stereocenters. The largest absolute Gasteiger partial charge is 0.454 e. The number of benzene rings is 2. The van der Waals surface area contributed by atoms with Crippen LogP contribution in [0.5, 0.6) is 0 Å². The van der Waals surface area contributed by atoms with Crippen LogP contribution in [-0.2, 0) is 0 Å². The predicted octanol–water partition coefficient (Wildman–Crippen LogP) is 5.43. The van der Waals surface area contributed by atoms with Crippen molar-refractivity contribution in [2.24, 2.45) is 9.98 Å². The Morgan fingerprint density at radius 1 is 0.727 bits per heavy atom. The monoisotopic (exact) mass is 308 g/mol. The van der Waals surface area contributed by atoms with E-state index >= 15 is 0 Å². The van der Waals surface area contributed by atoms with Crippen molar-refractivity contribution in [3.05, 3.63) is 83.3 Å². The van der Waals surface area contributed by atoms with Gasteiger partial charge in [-0.05, 0) is 42.5 Å². The average molecular weight is 309 g/mol. The molecule has 1 heterocycles. The first kappa shape index (κ1) is 14.3. The van der Waals surface area contributed by atoms with Gasteiger partial charge in [0.15, 0.2) is 0 Å². The Bertz CT molecular complexity index is 807. The summed E-state index contributed by atoms with van der Waals surface area (Å²) in [5.41, 5.74) is 1.66. The molecule has 108 valence electrons. The van der Waals surface area contributed by atoms with Crippen molar-refractivity contribution in [3.63, 3.8) is 0 Å². The van der Waals surface area contributed by atoms with E-state index < -0.39 is 0 Å². The number of hydrogen-bond donors (Lipinski definition) is 0. The molecule has 0 bridgehead atoms. The summed E-state index contributed by atoms with van der Waals surface area (Å²) in [5.74, 6) is 1.34. The van der Waals surface area contributed by atoms with E-state index in [1.807, 2.05) is 60.7 Å². The molecule has 0 saturated carbocycles. The molecule has 0 amide bonds. The third-order valence-electron chi connectivity index (χ3n) is 2.89. The molecule has 0 fully saturated rings. The highest BCUT2D eigenvalue weighted by Gasteiger charge is 1.97. The Kier molecular flexibility index (Phi) is 4.47. The zero-order valence-corrected chi connectivity index (χ0v) is 12.4. The molecule has 0 radical (unpaired) electrons. The molecule has 0 aliphatic heterocycles. The van der Waals surface area contributed by atoms with Crippen molar-refractivity contribution < 1.29 is 4.42 Å². The Morgan fingerprint density at radius 3 is 2.05 bits per heavy atom. The topological polar surface area (TPSA) is 37.9 Å². The molecule has 3 nitrogen and oxygen atoms in total. The molecule has 2 aromatic carbocycles. The number of aliphatic imine (C=N–C) groups is 2. The molecule has 3 rings (SSSR count). The third-order valence-corrected chi connectivity index (χ3v) is 3.13. The molecule has 0 aliphatic rings. The number of para-hydroxylation sites is 1. The average Bonchev–Trinajstić information content (AvgIpc) is 3.00. The standard InChI is InChI=1S/C18H13ClN2O/c19-14-5-4-8-16(11-14)21-13-18-10-9-17(22-18)12-20-15-6-2-1-3-7-15/h1-13H. The molecule has 4 heteroatoms. The van der Waals surface area contributed by atoms with Gasteiger partial charge in [0.2, 0.25) is 0 Å². The quantitative estimate of drug-likeness (QED) is 0.592. The Morgan fingerprint density at radius 2 is 1.36 bits per heavy atom. The molecule has 0 N–H and O–H groups in total. The van der Waals surface area contributed by atoms with Gasteiger partial charge >= 0.3 is 0 Å². The SMILES string of the molecule is Clc1cccc(N=Cc2ccc(C=Nc3ccccc3)o2)c1. The lowest BCUT2D eigenvalue weighted by Crippen LogP contribution is -1.76. The van der Waals surface area contributed by atoms with Crippen molar-refractivity contribution in [2.45, 2.75) is 0 Å². The highest BCUT2D eigenvalue weighted by molar-refractivity contribution is 6.30. The van der Waals surface area contributed by atoms with E-state index in [1.54, 1.807) is 18.5 Å². The van der Waals surface area contributed by atoms with Gasteiger partial charge in [0.05, 0.1) is 23.8 Å². The summed E-state index contributed by atoms with van der Waals surface area (Å²) in [6, 6.07) is 20.7. The lowest BCUT2D eigenvalue weighted by molar-refractivity contribution is 0.553. The van der Waals surface area contributed by atoms with Crippen molar-refractivity contribution in [2.75, 3.05) is 0 Å². The number of halogens is 1. The summed E-state index contributed by atoms with van der Waals surface area (Å²) in [6.45, 7) is 0. The van der Waals surface area contributed by atoms with Crippen LogP contribution in [0.1, 0.15) is 11.5 Å². The maximum Gasteiger partial charge on any atom is 0.145 e. The van der Waals surface area contributed by atoms with Crippen LogP contribution in [0.15, 0.2) is 81.1 Å². The summed E-state index contributed by atoms with van der Waals surface area (Å²) in [4.78, 5) is 8.66. The Balaban J connectivity index is 1.70. The lowest BCUT2D eigenvalue weighted by atomic mass is 10.3. The zero-order chi connectivity index (χ0) is 15.2. The van der Waals surface area contributed by atoms with E-state index in [1.165, 1.54) is 0 Å². The third kappa shape index (κ3) is 3.93. The van der Waals surface area contributed by atoms with Crippen LogP contribution in [0.2, 0.25) is 5.02 Å². The summed E-state index contributed by atoms with van der Waals surface area (Å²) in [7, 11) is 0. The first-order chi connectivity index (χ1) is 10.8. The second-order valence-corrected chi connectivity index (χ2v) is 5.01. The first-order valence-corrected chi connectivity index (χ1v) is 7.16. The van der Waals surface area contributed by atoms with E-state index in [2.05, 4.69) is 9.98 Å². The summed E-state index contributed by atoms with van der Waals surface area (Å²) >= 11 is 5.92. The minimum Gasteiger partial charge on any atom is -0.454 e. The molecule has 22 heavy (non-hydrogen) atoms. The normalized spacial score (nSPS) is 11.5. The van der Waals surface area contributed by atoms with Gasteiger partial charge in [-0.15, -0.1) is 0 Å². The van der Waals surface area contributed by atoms with Gasteiger partial charge in [-0.25, -0.2) is 0 Å². The highest BCUT2D eigenvalue weighted by atomic mass is 35.5. The van der Waals surface area contributed by atoms with Crippen LogP contribution >= 0.6 is 11.6 Å². The number of furan rings is 1. The van der Waals surface area contributed by atoms with Crippen molar-refractivity contribution >= 4 is 35.4 Å². The highest BCUT2D eigenvalue weighted by Crippen LogP contribution is 2.18. The van der Waals surface area contributed by atoms with Crippen LogP contribution in [0.4, 0.5) is 11.4 Å². The molecular weight excluding hydrogens is 296 g/mol. The van der Waals surface area contributed by atoms with E-state index in [4.69, 9.17) is 16.0 Å². The van der Waals surface area contributed by atoms with Crippen molar-refractivity contribution in [1.29, 1.82) is 0 Å². The van der Waals surface area contributed by atoms with Gasteiger partial charge in [-0.1, -0.05) is 35.9 Å². The van der Waals surface area contributed by atoms with E-state index in [0.717, 1.165) is 11.4 Å².